The summed E-state index contributed by atoms with van der Waals surface area (Å²) >= 11 is 5.00. The van der Waals surface area contributed by atoms with Crippen LogP contribution in [-0.4, -0.2) is 23.5 Å². The van der Waals surface area contributed by atoms with E-state index in [1.54, 1.807) is 18.3 Å². The predicted octanol–water partition coefficient (Wildman–Crippen LogP) is 3.34. The molecule has 0 unspecified atom stereocenters. The van der Waals surface area contributed by atoms with Crippen LogP contribution in [0.15, 0.2) is 26.4 Å². The predicted molar refractivity (Wildman–Crippen MR) is 83.1 cm³/mol. The van der Waals surface area contributed by atoms with Gasteiger partial charge in [0.2, 0.25) is 0 Å². The Labute approximate surface area is 134 Å². The summed E-state index contributed by atoms with van der Waals surface area (Å²) in [5.74, 6) is -1.13. The Kier molecular flexibility index (Phi) is 5.19. The molecule has 2 aromatic heterocycles. The van der Waals surface area contributed by atoms with Gasteiger partial charge in [0.15, 0.2) is 5.76 Å². The van der Waals surface area contributed by atoms with E-state index in [4.69, 9.17) is 9.52 Å². The Morgan fingerprint density at radius 3 is 2.71 bits per heavy atom. The Morgan fingerprint density at radius 2 is 2.19 bits per heavy atom. The number of aryl methyl sites for hydroxylation is 1. The van der Waals surface area contributed by atoms with E-state index in [1.807, 2.05) is 12.1 Å². The molecule has 0 radical (unpaired) electrons. The van der Waals surface area contributed by atoms with Gasteiger partial charge in [-0.3, -0.25) is 4.79 Å². The third-order valence-electron chi connectivity index (χ3n) is 2.87. The summed E-state index contributed by atoms with van der Waals surface area (Å²) in [5, 5.41) is 11.8. The quantitative estimate of drug-likeness (QED) is 0.815. The topological polar surface area (TPSA) is 79.5 Å². The fourth-order valence-electron chi connectivity index (χ4n) is 1.86. The van der Waals surface area contributed by atoms with Gasteiger partial charge in [0, 0.05) is 23.9 Å². The molecular weight excluding hydrogens is 358 g/mol. The minimum atomic E-state index is -1.09. The highest BCUT2D eigenvalue weighted by atomic mass is 79.9. The number of aromatic carboxylic acids is 1. The molecule has 0 atom stereocenters. The van der Waals surface area contributed by atoms with Crippen LogP contribution in [-0.2, 0) is 12.8 Å². The Morgan fingerprint density at radius 1 is 1.43 bits per heavy atom. The highest BCUT2D eigenvalue weighted by Crippen LogP contribution is 2.22. The van der Waals surface area contributed by atoms with Gasteiger partial charge in [-0.2, -0.15) is 0 Å². The van der Waals surface area contributed by atoms with Crippen molar-refractivity contribution in [2.75, 3.05) is 6.54 Å². The molecule has 112 valence electrons. The van der Waals surface area contributed by atoms with Crippen molar-refractivity contribution in [2.45, 2.75) is 19.8 Å². The van der Waals surface area contributed by atoms with E-state index < -0.39 is 11.9 Å². The zero-order valence-electron chi connectivity index (χ0n) is 11.3. The molecular formula is C14H14BrNO4S. The van der Waals surface area contributed by atoms with Crippen LogP contribution in [0.25, 0.3) is 0 Å². The molecule has 1 amide bonds. The lowest BCUT2D eigenvalue weighted by Crippen LogP contribution is -2.25. The second-order valence-corrected chi connectivity index (χ2v) is 6.87. The number of carboxylic acid groups (broad SMARTS) is 1. The standard InChI is InChI=1S/C14H14BrNO4S/c1-2-10-9(14(18)19)7-11(20-10)13(17)16-6-5-8-3-4-12(15)21-8/h3-4,7H,2,5-6H2,1H3,(H,16,17)(H,18,19). The highest BCUT2D eigenvalue weighted by molar-refractivity contribution is 9.11. The van der Waals surface area contributed by atoms with Gasteiger partial charge in [-0.15, -0.1) is 11.3 Å². The van der Waals surface area contributed by atoms with Crippen LogP contribution in [0.1, 0.15) is 38.5 Å². The molecule has 2 rings (SSSR count). The molecule has 0 aromatic carbocycles. The summed E-state index contributed by atoms with van der Waals surface area (Å²) < 4.78 is 6.35. The fraction of sp³-hybridized carbons (Fsp3) is 0.286. The third kappa shape index (κ3) is 3.95. The SMILES string of the molecule is CCc1oc(C(=O)NCCc2ccc(Br)s2)cc1C(=O)O. The molecule has 0 fully saturated rings. The molecule has 0 aliphatic carbocycles. The van der Waals surface area contributed by atoms with Crippen molar-refractivity contribution in [2.24, 2.45) is 0 Å². The highest BCUT2D eigenvalue weighted by Gasteiger charge is 2.19. The summed E-state index contributed by atoms with van der Waals surface area (Å²) in [6.07, 6.45) is 1.15. The summed E-state index contributed by atoms with van der Waals surface area (Å²) in [6, 6.07) is 5.23. The van der Waals surface area contributed by atoms with Crippen molar-refractivity contribution in [3.8, 4) is 0 Å². The number of carbonyl (C=O) groups excluding carboxylic acids is 1. The summed E-state index contributed by atoms with van der Waals surface area (Å²) in [4.78, 5) is 24.1. The number of carbonyl (C=O) groups is 2. The number of rotatable bonds is 6. The van der Waals surface area contributed by atoms with E-state index >= 15 is 0 Å². The molecule has 0 bridgehead atoms. The van der Waals surface area contributed by atoms with E-state index in [0.29, 0.717) is 18.7 Å². The normalized spacial score (nSPS) is 10.6. The summed E-state index contributed by atoms with van der Waals surface area (Å²) in [6.45, 7) is 2.25. The number of carboxylic acids is 1. The van der Waals surface area contributed by atoms with Crippen molar-refractivity contribution in [3.05, 3.63) is 43.9 Å². The first-order chi connectivity index (χ1) is 10.0. The smallest absolute Gasteiger partial charge is 0.339 e. The second-order valence-electron chi connectivity index (χ2n) is 4.32. The zero-order chi connectivity index (χ0) is 15.4. The maximum atomic E-state index is 11.9. The van der Waals surface area contributed by atoms with Crippen molar-refractivity contribution in [1.29, 1.82) is 0 Å². The molecule has 2 aromatic rings. The van der Waals surface area contributed by atoms with Gasteiger partial charge >= 0.3 is 5.97 Å². The van der Waals surface area contributed by atoms with E-state index in [2.05, 4.69) is 21.2 Å². The number of hydrogen-bond donors (Lipinski definition) is 2. The molecule has 21 heavy (non-hydrogen) atoms. The first kappa shape index (κ1) is 15.8. The first-order valence-electron chi connectivity index (χ1n) is 6.39. The Bertz CT molecular complexity index is 662. The van der Waals surface area contributed by atoms with Crippen molar-refractivity contribution < 1.29 is 19.1 Å². The van der Waals surface area contributed by atoms with Crippen LogP contribution in [0, 0.1) is 0 Å². The lowest BCUT2D eigenvalue weighted by molar-refractivity contribution is 0.0694. The molecule has 2 N–H and O–H groups in total. The van der Waals surface area contributed by atoms with Gasteiger partial charge in [-0.25, -0.2) is 4.79 Å². The molecule has 0 spiro atoms. The summed E-state index contributed by atoms with van der Waals surface area (Å²) in [7, 11) is 0. The van der Waals surface area contributed by atoms with Gasteiger partial charge in [0.1, 0.15) is 11.3 Å². The van der Waals surface area contributed by atoms with Gasteiger partial charge in [0.25, 0.3) is 5.91 Å². The van der Waals surface area contributed by atoms with Crippen molar-refractivity contribution in [3.63, 3.8) is 0 Å². The largest absolute Gasteiger partial charge is 0.478 e. The van der Waals surface area contributed by atoms with Crippen molar-refractivity contribution >= 4 is 39.1 Å². The number of halogens is 1. The van der Waals surface area contributed by atoms with Gasteiger partial charge in [0.05, 0.1) is 3.79 Å². The maximum Gasteiger partial charge on any atom is 0.339 e. The number of nitrogens with one attached hydrogen (secondary N) is 1. The molecule has 2 heterocycles. The minimum Gasteiger partial charge on any atom is -0.478 e. The molecule has 0 aliphatic heterocycles. The molecule has 0 saturated heterocycles. The van der Waals surface area contributed by atoms with Gasteiger partial charge in [-0.05, 0) is 34.5 Å². The molecule has 0 aliphatic rings. The van der Waals surface area contributed by atoms with E-state index in [1.165, 1.54) is 6.07 Å². The minimum absolute atomic E-state index is 0.0385. The molecule has 5 nitrogen and oxygen atoms in total. The lowest BCUT2D eigenvalue weighted by Gasteiger charge is -2.01. The average Bonchev–Trinajstić information content (AvgIpc) is 3.04. The van der Waals surface area contributed by atoms with Crippen LogP contribution in [0.4, 0.5) is 0 Å². The third-order valence-corrected chi connectivity index (χ3v) is 4.55. The van der Waals surface area contributed by atoms with Gasteiger partial charge < -0.3 is 14.8 Å². The van der Waals surface area contributed by atoms with E-state index in [0.717, 1.165) is 15.1 Å². The number of amides is 1. The van der Waals surface area contributed by atoms with Gasteiger partial charge in [-0.1, -0.05) is 6.92 Å². The van der Waals surface area contributed by atoms with Crippen LogP contribution in [0.5, 0.6) is 0 Å². The monoisotopic (exact) mass is 371 g/mol. The van der Waals surface area contributed by atoms with Crippen LogP contribution < -0.4 is 5.32 Å². The lowest BCUT2D eigenvalue weighted by atomic mass is 10.2. The number of thiophene rings is 1. The second kappa shape index (κ2) is 6.91. The number of hydrogen-bond acceptors (Lipinski definition) is 4. The Balaban J connectivity index is 1.95. The zero-order valence-corrected chi connectivity index (χ0v) is 13.7. The van der Waals surface area contributed by atoms with E-state index in [9.17, 15) is 9.59 Å². The molecule has 0 saturated carbocycles. The van der Waals surface area contributed by atoms with Crippen LogP contribution >= 0.6 is 27.3 Å². The van der Waals surface area contributed by atoms with Crippen molar-refractivity contribution in [1.82, 2.24) is 5.32 Å². The van der Waals surface area contributed by atoms with Crippen LogP contribution in [0.2, 0.25) is 0 Å². The van der Waals surface area contributed by atoms with E-state index in [-0.39, 0.29) is 11.3 Å². The first-order valence-corrected chi connectivity index (χ1v) is 8.00. The van der Waals surface area contributed by atoms with Crippen LogP contribution in [0.3, 0.4) is 0 Å². The average molecular weight is 372 g/mol. The molecule has 7 heteroatoms. The number of furan rings is 1. The maximum absolute atomic E-state index is 11.9. The summed E-state index contributed by atoms with van der Waals surface area (Å²) in [5.41, 5.74) is 0.0461. The fourth-order valence-corrected chi connectivity index (χ4v) is 3.34. The Hall–Kier alpha value is -1.60.